The standard InChI is InChI=1S/C9H12ClN3OS/c10-8-3-9(13-6-12-8)15(14)5-7-1-2-11-4-7/h3,6-7,11H,1-2,4-5H2. The van der Waals surface area contributed by atoms with Gasteiger partial charge < -0.3 is 5.32 Å². The highest BCUT2D eigenvalue weighted by Crippen LogP contribution is 2.14. The molecule has 82 valence electrons. The van der Waals surface area contributed by atoms with Gasteiger partial charge in [0, 0.05) is 11.8 Å². The van der Waals surface area contributed by atoms with Gasteiger partial charge in [-0.05, 0) is 25.4 Å². The summed E-state index contributed by atoms with van der Waals surface area (Å²) in [7, 11) is -1.06. The highest BCUT2D eigenvalue weighted by molar-refractivity contribution is 7.85. The molecule has 4 nitrogen and oxygen atoms in total. The Labute approximate surface area is 95.9 Å². The summed E-state index contributed by atoms with van der Waals surface area (Å²) in [5.41, 5.74) is 0. The second-order valence-electron chi connectivity index (χ2n) is 3.55. The molecule has 0 radical (unpaired) electrons. The van der Waals surface area contributed by atoms with Crippen LogP contribution in [0.3, 0.4) is 0 Å². The van der Waals surface area contributed by atoms with Gasteiger partial charge >= 0.3 is 0 Å². The largest absolute Gasteiger partial charge is 0.316 e. The van der Waals surface area contributed by atoms with Gasteiger partial charge in [0.2, 0.25) is 0 Å². The van der Waals surface area contributed by atoms with Gasteiger partial charge in [0.25, 0.3) is 0 Å². The Kier molecular flexibility index (Phi) is 3.66. The minimum atomic E-state index is -1.06. The average molecular weight is 246 g/mol. The van der Waals surface area contributed by atoms with Crippen molar-refractivity contribution in [3.05, 3.63) is 17.5 Å². The Morgan fingerprint density at radius 1 is 1.60 bits per heavy atom. The highest BCUT2D eigenvalue weighted by Gasteiger charge is 2.18. The maximum atomic E-state index is 11.9. The first kappa shape index (κ1) is 11.0. The van der Waals surface area contributed by atoms with Crippen LogP contribution in [0.25, 0.3) is 0 Å². The topological polar surface area (TPSA) is 54.9 Å². The normalized spacial score (nSPS) is 22.9. The van der Waals surface area contributed by atoms with E-state index in [1.54, 1.807) is 6.07 Å². The molecule has 1 aliphatic heterocycles. The van der Waals surface area contributed by atoms with Gasteiger partial charge in [0.05, 0.1) is 10.8 Å². The third-order valence-corrected chi connectivity index (χ3v) is 4.06. The van der Waals surface area contributed by atoms with E-state index in [0.717, 1.165) is 19.5 Å². The average Bonchev–Trinajstić information content (AvgIpc) is 2.70. The molecule has 0 amide bonds. The van der Waals surface area contributed by atoms with E-state index in [2.05, 4.69) is 15.3 Å². The van der Waals surface area contributed by atoms with Gasteiger partial charge in [-0.2, -0.15) is 0 Å². The van der Waals surface area contributed by atoms with Crippen LogP contribution < -0.4 is 5.32 Å². The van der Waals surface area contributed by atoms with Gasteiger partial charge in [0.1, 0.15) is 16.5 Å². The van der Waals surface area contributed by atoms with E-state index < -0.39 is 10.8 Å². The molecule has 1 aromatic heterocycles. The SMILES string of the molecule is O=S(CC1CCNC1)c1cc(Cl)ncn1. The van der Waals surface area contributed by atoms with E-state index in [-0.39, 0.29) is 0 Å². The fourth-order valence-electron chi connectivity index (χ4n) is 1.60. The summed E-state index contributed by atoms with van der Waals surface area (Å²) in [6.07, 6.45) is 2.44. The van der Waals surface area contributed by atoms with Crippen molar-refractivity contribution in [2.24, 2.45) is 5.92 Å². The van der Waals surface area contributed by atoms with Crippen LogP contribution in [0, 0.1) is 5.92 Å². The maximum Gasteiger partial charge on any atom is 0.133 e. The molecule has 0 spiro atoms. The number of nitrogens with one attached hydrogen (secondary N) is 1. The lowest BCUT2D eigenvalue weighted by molar-refractivity contribution is 0.630. The van der Waals surface area contributed by atoms with Gasteiger partial charge in [-0.15, -0.1) is 0 Å². The molecule has 0 aromatic carbocycles. The predicted molar refractivity (Wildman–Crippen MR) is 59.3 cm³/mol. The van der Waals surface area contributed by atoms with E-state index in [9.17, 15) is 4.21 Å². The minimum Gasteiger partial charge on any atom is -0.316 e. The van der Waals surface area contributed by atoms with Crippen LogP contribution in [0.1, 0.15) is 6.42 Å². The zero-order chi connectivity index (χ0) is 10.7. The number of hydrogen-bond acceptors (Lipinski definition) is 4. The molecule has 15 heavy (non-hydrogen) atoms. The quantitative estimate of drug-likeness (QED) is 0.803. The van der Waals surface area contributed by atoms with Crippen LogP contribution in [0.5, 0.6) is 0 Å². The van der Waals surface area contributed by atoms with Crippen molar-refractivity contribution in [1.82, 2.24) is 15.3 Å². The summed E-state index contributed by atoms with van der Waals surface area (Å²) < 4.78 is 11.9. The Morgan fingerprint density at radius 3 is 3.13 bits per heavy atom. The van der Waals surface area contributed by atoms with Crippen LogP contribution in [0.15, 0.2) is 17.4 Å². The minimum absolute atomic E-state index is 0.345. The summed E-state index contributed by atoms with van der Waals surface area (Å²) >= 11 is 5.71. The molecule has 0 saturated carbocycles. The molecule has 2 rings (SSSR count). The molecule has 2 unspecified atom stereocenters. The molecular formula is C9H12ClN3OS. The van der Waals surface area contributed by atoms with Gasteiger partial charge in [-0.1, -0.05) is 11.6 Å². The van der Waals surface area contributed by atoms with Crippen LogP contribution in [0.2, 0.25) is 5.15 Å². The van der Waals surface area contributed by atoms with Crippen molar-refractivity contribution in [2.75, 3.05) is 18.8 Å². The molecule has 1 aliphatic rings. The van der Waals surface area contributed by atoms with Crippen molar-refractivity contribution in [1.29, 1.82) is 0 Å². The first-order valence-corrected chi connectivity index (χ1v) is 6.52. The van der Waals surface area contributed by atoms with Gasteiger partial charge in [-0.3, -0.25) is 4.21 Å². The summed E-state index contributed by atoms with van der Waals surface area (Å²) in [6.45, 7) is 1.97. The van der Waals surface area contributed by atoms with Crippen molar-refractivity contribution in [2.45, 2.75) is 11.4 Å². The fraction of sp³-hybridized carbons (Fsp3) is 0.556. The van der Waals surface area contributed by atoms with Gasteiger partial charge in [0.15, 0.2) is 0 Å². The Hall–Kier alpha value is -0.520. The number of aromatic nitrogens is 2. The lowest BCUT2D eigenvalue weighted by Gasteiger charge is -2.06. The van der Waals surface area contributed by atoms with Crippen molar-refractivity contribution < 1.29 is 4.21 Å². The van der Waals surface area contributed by atoms with Crippen molar-refractivity contribution >= 4 is 22.4 Å². The highest BCUT2D eigenvalue weighted by atomic mass is 35.5. The molecule has 0 aliphatic carbocycles. The lowest BCUT2D eigenvalue weighted by atomic mass is 10.2. The Balaban J connectivity index is 2.01. The monoisotopic (exact) mass is 245 g/mol. The molecule has 2 heterocycles. The summed E-state index contributed by atoms with van der Waals surface area (Å²) in [5.74, 6) is 1.14. The van der Waals surface area contributed by atoms with Crippen LogP contribution in [-0.2, 0) is 10.8 Å². The van der Waals surface area contributed by atoms with E-state index >= 15 is 0 Å². The molecule has 1 saturated heterocycles. The van der Waals surface area contributed by atoms with E-state index in [1.807, 2.05) is 0 Å². The molecule has 1 N–H and O–H groups in total. The first-order chi connectivity index (χ1) is 7.25. The second kappa shape index (κ2) is 5.01. The van der Waals surface area contributed by atoms with Crippen LogP contribution in [-0.4, -0.2) is 33.0 Å². The zero-order valence-electron chi connectivity index (χ0n) is 8.15. The summed E-state index contributed by atoms with van der Waals surface area (Å²) in [5, 5.41) is 4.12. The van der Waals surface area contributed by atoms with Crippen LogP contribution >= 0.6 is 11.6 Å². The number of hydrogen-bond donors (Lipinski definition) is 1. The molecule has 1 fully saturated rings. The smallest absolute Gasteiger partial charge is 0.133 e. The molecule has 0 bridgehead atoms. The first-order valence-electron chi connectivity index (χ1n) is 4.82. The maximum absolute atomic E-state index is 11.9. The predicted octanol–water partition coefficient (Wildman–Crippen LogP) is 0.847. The lowest BCUT2D eigenvalue weighted by Crippen LogP contribution is -2.15. The fourth-order valence-corrected chi connectivity index (χ4v) is 3.10. The third kappa shape index (κ3) is 2.96. The van der Waals surface area contributed by atoms with E-state index in [0.29, 0.717) is 21.8 Å². The molecule has 6 heteroatoms. The van der Waals surface area contributed by atoms with Crippen molar-refractivity contribution in [3.8, 4) is 0 Å². The molecule has 2 atom stereocenters. The zero-order valence-corrected chi connectivity index (χ0v) is 9.72. The molecule has 1 aromatic rings. The Morgan fingerprint density at radius 2 is 2.47 bits per heavy atom. The van der Waals surface area contributed by atoms with E-state index in [4.69, 9.17) is 11.6 Å². The van der Waals surface area contributed by atoms with E-state index in [1.165, 1.54) is 6.33 Å². The second-order valence-corrected chi connectivity index (χ2v) is 5.38. The number of rotatable bonds is 3. The number of nitrogens with zero attached hydrogens (tertiary/aromatic N) is 2. The summed E-state index contributed by atoms with van der Waals surface area (Å²) in [6, 6.07) is 1.57. The Bertz CT molecular complexity index is 368. The molecular weight excluding hydrogens is 234 g/mol. The van der Waals surface area contributed by atoms with Gasteiger partial charge in [-0.25, -0.2) is 9.97 Å². The summed E-state index contributed by atoms with van der Waals surface area (Å²) in [4.78, 5) is 7.73. The number of halogens is 1. The van der Waals surface area contributed by atoms with Crippen LogP contribution in [0.4, 0.5) is 0 Å². The van der Waals surface area contributed by atoms with Crippen molar-refractivity contribution in [3.63, 3.8) is 0 Å². The third-order valence-electron chi connectivity index (χ3n) is 2.39.